The van der Waals surface area contributed by atoms with Gasteiger partial charge in [-0.25, -0.2) is 9.37 Å². The van der Waals surface area contributed by atoms with Crippen molar-refractivity contribution in [3.63, 3.8) is 0 Å². The summed E-state index contributed by atoms with van der Waals surface area (Å²) < 4.78 is 20.0. The first-order valence-corrected chi connectivity index (χ1v) is 9.71. The Bertz CT molecular complexity index is 1030. The van der Waals surface area contributed by atoms with E-state index < -0.39 is 5.82 Å². The van der Waals surface area contributed by atoms with Crippen LogP contribution in [0.5, 0.6) is 0 Å². The van der Waals surface area contributed by atoms with Crippen LogP contribution in [0.15, 0.2) is 53.4 Å². The number of oxazole rings is 1. The topological polar surface area (TPSA) is 56.3 Å². The molecule has 5 nitrogen and oxygen atoms in total. The number of rotatable bonds is 4. The first-order valence-electron chi connectivity index (χ1n) is 9.71. The lowest BCUT2D eigenvalue weighted by Crippen LogP contribution is -2.42. The lowest BCUT2D eigenvalue weighted by Gasteiger charge is -2.37. The van der Waals surface area contributed by atoms with Gasteiger partial charge < -0.3 is 14.2 Å². The number of hydrogen-bond acceptors (Lipinski definition) is 5. The maximum atomic E-state index is 14.3. The molecule has 0 aliphatic carbocycles. The predicted molar refractivity (Wildman–Crippen MR) is 111 cm³/mol. The van der Waals surface area contributed by atoms with E-state index in [4.69, 9.17) is 9.68 Å². The van der Waals surface area contributed by atoms with Gasteiger partial charge in [-0.15, -0.1) is 0 Å². The van der Waals surface area contributed by atoms with E-state index in [2.05, 4.69) is 34.9 Å². The Labute approximate surface area is 170 Å². The van der Waals surface area contributed by atoms with Crippen molar-refractivity contribution in [3.05, 3.63) is 60.4 Å². The second kappa shape index (κ2) is 8.06. The average molecular weight is 390 g/mol. The first-order chi connectivity index (χ1) is 14.1. The number of piperidine rings is 1. The van der Waals surface area contributed by atoms with Gasteiger partial charge in [0.05, 0.1) is 17.3 Å². The number of anilines is 1. The Hall–Kier alpha value is -3.17. The minimum atomic E-state index is -0.522. The summed E-state index contributed by atoms with van der Waals surface area (Å²) in [5.74, 6) is 0.126. The molecule has 1 fully saturated rings. The highest BCUT2D eigenvalue weighted by Crippen LogP contribution is 2.40. The highest BCUT2D eigenvalue weighted by molar-refractivity contribution is 5.90. The van der Waals surface area contributed by atoms with Crippen molar-refractivity contribution in [2.24, 2.45) is 0 Å². The maximum Gasteiger partial charge on any atom is 0.181 e. The van der Waals surface area contributed by atoms with E-state index in [1.807, 2.05) is 18.2 Å². The molecular formula is C23H23FN4O. The van der Waals surface area contributed by atoms with Crippen LogP contribution in [-0.2, 0) is 0 Å². The maximum absolute atomic E-state index is 14.3. The molecule has 1 saturated heterocycles. The van der Waals surface area contributed by atoms with E-state index in [1.165, 1.54) is 18.5 Å². The van der Waals surface area contributed by atoms with Crippen LogP contribution >= 0.6 is 0 Å². The van der Waals surface area contributed by atoms with Gasteiger partial charge in [0.15, 0.2) is 12.2 Å². The Morgan fingerprint density at radius 1 is 1.21 bits per heavy atom. The number of hydrogen-bond donors (Lipinski definition) is 0. The lowest BCUT2D eigenvalue weighted by molar-refractivity contribution is 0.250. The molecular weight excluding hydrogens is 367 g/mol. The standard InChI is InChI=1S/C23H23FN4O/c1-27(2)18-8-10-28(11-9-18)21-5-3-4-19(23(21)22-14-26-15-29-22)16-6-7-17(13-25)20(24)12-16/h3-7,12,14-15,18H,8-11H2,1-2H3. The quantitative estimate of drug-likeness (QED) is 0.654. The largest absolute Gasteiger partial charge is 0.443 e. The van der Waals surface area contributed by atoms with Crippen LogP contribution in [0, 0.1) is 17.1 Å². The number of benzene rings is 2. The molecule has 6 heteroatoms. The second-order valence-electron chi connectivity index (χ2n) is 7.55. The summed E-state index contributed by atoms with van der Waals surface area (Å²) >= 11 is 0. The van der Waals surface area contributed by atoms with Gasteiger partial charge in [0.25, 0.3) is 0 Å². The molecule has 0 spiro atoms. The number of nitriles is 1. The average Bonchev–Trinajstić information content (AvgIpc) is 3.27. The van der Waals surface area contributed by atoms with E-state index in [9.17, 15) is 4.39 Å². The van der Waals surface area contributed by atoms with Gasteiger partial charge in [0.2, 0.25) is 0 Å². The van der Waals surface area contributed by atoms with Crippen LogP contribution in [0.1, 0.15) is 18.4 Å². The van der Waals surface area contributed by atoms with Gasteiger partial charge in [-0.2, -0.15) is 5.26 Å². The van der Waals surface area contributed by atoms with Crippen molar-refractivity contribution in [2.45, 2.75) is 18.9 Å². The van der Waals surface area contributed by atoms with Crippen molar-refractivity contribution < 1.29 is 8.81 Å². The molecule has 2 aromatic carbocycles. The summed E-state index contributed by atoms with van der Waals surface area (Å²) in [6.07, 6.45) is 5.26. The molecule has 29 heavy (non-hydrogen) atoms. The molecule has 1 aromatic heterocycles. The monoisotopic (exact) mass is 390 g/mol. The number of aromatic nitrogens is 1. The Morgan fingerprint density at radius 2 is 2.00 bits per heavy atom. The van der Waals surface area contributed by atoms with Gasteiger partial charge >= 0.3 is 0 Å². The molecule has 0 amide bonds. The van der Waals surface area contributed by atoms with Crippen molar-refractivity contribution in [3.8, 4) is 28.5 Å². The molecule has 4 rings (SSSR count). The Morgan fingerprint density at radius 3 is 2.62 bits per heavy atom. The van der Waals surface area contributed by atoms with Gasteiger partial charge in [-0.3, -0.25) is 0 Å². The SMILES string of the molecule is CN(C)C1CCN(c2cccc(-c3ccc(C#N)c(F)c3)c2-c2cnco2)CC1. The molecule has 0 radical (unpaired) electrons. The van der Waals surface area contributed by atoms with Crippen LogP contribution in [0.25, 0.3) is 22.5 Å². The third-order valence-corrected chi connectivity index (χ3v) is 5.66. The fraction of sp³-hybridized carbons (Fsp3) is 0.304. The molecule has 1 aliphatic rings. The fourth-order valence-electron chi connectivity index (χ4n) is 4.04. The summed E-state index contributed by atoms with van der Waals surface area (Å²) in [4.78, 5) is 8.74. The molecule has 0 bridgehead atoms. The lowest BCUT2D eigenvalue weighted by atomic mass is 9.94. The first kappa shape index (κ1) is 19.2. The summed E-state index contributed by atoms with van der Waals surface area (Å²) in [5.41, 5.74) is 3.56. The Kier molecular flexibility index (Phi) is 5.32. The van der Waals surface area contributed by atoms with Crippen molar-refractivity contribution in [2.75, 3.05) is 32.1 Å². The molecule has 0 N–H and O–H groups in total. The van der Waals surface area contributed by atoms with Gasteiger partial charge in [-0.1, -0.05) is 18.2 Å². The molecule has 0 atom stereocenters. The second-order valence-corrected chi connectivity index (χ2v) is 7.55. The van der Waals surface area contributed by atoms with E-state index in [-0.39, 0.29) is 5.56 Å². The van der Waals surface area contributed by atoms with Crippen molar-refractivity contribution in [1.82, 2.24) is 9.88 Å². The molecule has 3 aromatic rings. The van der Waals surface area contributed by atoms with E-state index in [0.29, 0.717) is 17.4 Å². The molecule has 1 aliphatic heterocycles. The summed E-state index contributed by atoms with van der Waals surface area (Å²) in [6, 6.07) is 13.2. The van der Waals surface area contributed by atoms with Crippen molar-refractivity contribution in [1.29, 1.82) is 5.26 Å². The van der Waals surface area contributed by atoms with Gasteiger partial charge in [-0.05, 0) is 56.3 Å². The summed E-state index contributed by atoms with van der Waals surface area (Å²) in [6.45, 7) is 1.88. The smallest absolute Gasteiger partial charge is 0.181 e. The fourth-order valence-corrected chi connectivity index (χ4v) is 4.04. The van der Waals surface area contributed by atoms with Crippen LogP contribution in [-0.4, -0.2) is 43.1 Å². The van der Waals surface area contributed by atoms with E-state index >= 15 is 0 Å². The van der Waals surface area contributed by atoms with E-state index in [1.54, 1.807) is 12.3 Å². The molecule has 2 heterocycles. The zero-order chi connectivity index (χ0) is 20.4. The predicted octanol–water partition coefficient (Wildman–Crippen LogP) is 4.55. The van der Waals surface area contributed by atoms with Crippen LogP contribution < -0.4 is 4.90 Å². The van der Waals surface area contributed by atoms with Gasteiger partial charge in [0, 0.05) is 24.8 Å². The Balaban J connectivity index is 1.79. The number of halogens is 1. The highest BCUT2D eigenvalue weighted by Gasteiger charge is 2.25. The third kappa shape index (κ3) is 3.74. The summed E-state index contributed by atoms with van der Waals surface area (Å²) in [7, 11) is 4.25. The number of nitrogens with zero attached hydrogens (tertiary/aromatic N) is 4. The van der Waals surface area contributed by atoms with Gasteiger partial charge in [0.1, 0.15) is 11.9 Å². The zero-order valence-corrected chi connectivity index (χ0v) is 16.6. The minimum Gasteiger partial charge on any atom is -0.443 e. The zero-order valence-electron chi connectivity index (χ0n) is 16.6. The van der Waals surface area contributed by atoms with Crippen LogP contribution in [0.4, 0.5) is 10.1 Å². The summed E-state index contributed by atoms with van der Waals surface area (Å²) in [5, 5.41) is 9.04. The van der Waals surface area contributed by atoms with Crippen molar-refractivity contribution >= 4 is 5.69 Å². The van der Waals surface area contributed by atoms with Crippen LogP contribution in [0.2, 0.25) is 0 Å². The molecule has 148 valence electrons. The van der Waals surface area contributed by atoms with E-state index in [0.717, 1.165) is 42.7 Å². The highest BCUT2D eigenvalue weighted by atomic mass is 19.1. The minimum absolute atomic E-state index is 0.0388. The molecule has 0 saturated carbocycles. The normalized spacial score (nSPS) is 14.9. The third-order valence-electron chi connectivity index (χ3n) is 5.66. The van der Waals surface area contributed by atoms with Crippen LogP contribution in [0.3, 0.4) is 0 Å². The molecule has 0 unspecified atom stereocenters.